The van der Waals surface area contributed by atoms with Crippen molar-refractivity contribution in [3.8, 4) is 0 Å². The normalized spacial score (nSPS) is 16.8. The van der Waals surface area contributed by atoms with E-state index in [0.717, 1.165) is 35.6 Å². The lowest BCUT2D eigenvalue weighted by atomic mass is 10.3. The van der Waals surface area contributed by atoms with Gasteiger partial charge in [0, 0.05) is 41.1 Å². The Bertz CT molecular complexity index is 771. The van der Waals surface area contributed by atoms with Crippen molar-refractivity contribution >= 4 is 39.4 Å². The standard InChI is InChI=1S/C14H15N5O2S2/c20-23(14-17-11-6-22-7-12(11)18-14)8-10-5-13(16-9-15-10)19-1-3-21-4-2-19/h5-7,9H,1-4,8H2,(H,17,18). The van der Waals surface area contributed by atoms with Crippen molar-refractivity contribution in [2.24, 2.45) is 0 Å². The average Bonchev–Trinajstić information content (AvgIpc) is 3.18. The molecule has 0 aliphatic carbocycles. The highest BCUT2D eigenvalue weighted by Crippen LogP contribution is 2.21. The van der Waals surface area contributed by atoms with E-state index in [2.05, 4.69) is 24.8 Å². The van der Waals surface area contributed by atoms with E-state index in [1.807, 2.05) is 16.8 Å². The highest BCUT2D eigenvalue weighted by atomic mass is 32.2. The average molecular weight is 349 g/mol. The SMILES string of the molecule is [O-][S+](Cc1cc(N2CCOCC2)ncn1)c1nc2cscc2[nH]1. The number of thiophene rings is 1. The molecule has 3 aromatic heterocycles. The molecule has 3 aromatic rings. The number of aromatic amines is 1. The van der Waals surface area contributed by atoms with Gasteiger partial charge in [0.1, 0.15) is 17.7 Å². The first kappa shape index (κ1) is 14.9. The van der Waals surface area contributed by atoms with Gasteiger partial charge in [0.25, 0.3) is 0 Å². The highest BCUT2D eigenvalue weighted by molar-refractivity contribution is 7.90. The second kappa shape index (κ2) is 6.44. The molecule has 1 saturated heterocycles. The van der Waals surface area contributed by atoms with Crippen molar-refractivity contribution in [2.75, 3.05) is 31.2 Å². The fraction of sp³-hybridized carbons (Fsp3) is 0.357. The van der Waals surface area contributed by atoms with E-state index in [-0.39, 0.29) is 0 Å². The summed E-state index contributed by atoms with van der Waals surface area (Å²) in [5.74, 6) is 1.18. The fourth-order valence-corrected chi connectivity index (χ4v) is 4.14. The van der Waals surface area contributed by atoms with Crippen LogP contribution in [0.4, 0.5) is 5.82 Å². The zero-order valence-electron chi connectivity index (χ0n) is 12.3. The van der Waals surface area contributed by atoms with Crippen molar-refractivity contribution in [1.29, 1.82) is 0 Å². The Labute approximate surface area is 139 Å². The molecular weight excluding hydrogens is 334 g/mol. The summed E-state index contributed by atoms with van der Waals surface area (Å²) in [7, 11) is 0. The van der Waals surface area contributed by atoms with Gasteiger partial charge in [-0.1, -0.05) is 0 Å². The maximum absolute atomic E-state index is 12.5. The van der Waals surface area contributed by atoms with Crippen LogP contribution in [0.25, 0.3) is 11.0 Å². The molecule has 23 heavy (non-hydrogen) atoms. The topological polar surface area (TPSA) is 90.0 Å². The third kappa shape index (κ3) is 3.18. The summed E-state index contributed by atoms with van der Waals surface area (Å²) in [6, 6.07) is 1.90. The van der Waals surface area contributed by atoms with E-state index in [1.54, 1.807) is 11.3 Å². The lowest BCUT2D eigenvalue weighted by Gasteiger charge is -2.27. The molecule has 4 heterocycles. The number of nitrogens with one attached hydrogen (secondary N) is 1. The number of H-pyrrole nitrogens is 1. The Morgan fingerprint density at radius 2 is 2.17 bits per heavy atom. The molecule has 0 bridgehead atoms. The molecule has 1 unspecified atom stereocenters. The lowest BCUT2D eigenvalue weighted by molar-refractivity contribution is 0.122. The monoisotopic (exact) mass is 349 g/mol. The minimum Gasteiger partial charge on any atom is -0.609 e. The zero-order valence-corrected chi connectivity index (χ0v) is 13.9. The van der Waals surface area contributed by atoms with E-state index in [9.17, 15) is 4.55 Å². The van der Waals surface area contributed by atoms with Crippen molar-refractivity contribution in [2.45, 2.75) is 10.9 Å². The van der Waals surface area contributed by atoms with Crippen molar-refractivity contribution in [3.63, 3.8) is 0 Å². The number of hydrogen-bond donors (Lipinski definition) is 1. The summed E-state index contributed by atoms with van der Waals surface area (Å²) in [6.07, 6.45) is 1.53. The predicted octanol–water partition coefficient (Wildman–Crippen LogP) is 1.56. The van der Waals surface area contributed by atoms with Gasteiger partial charge in [-0.15, -0.1) is 11.3 Å². The third-order valence-corrected chi connectivity index (χ3v) is 5.56. The molecule has 0 saturated carbocycles. The van der Waals surface area contributed by atoms with Crippen molar-refractivity contribution in [1.82, 2.24) is 19.9 Å². The van der Waals surface area contributed by atoms with Gasteiger partial charge >= 0.3 is 5.16 Å². The van der Waals surface area contributed by atoms with E-state index >= 15 is 0 Å². The molecule has 1 fully saturated rings. The van der Waals surface area contributed by atoms with Gasteiger partial charge < -0.3 is 14.2 Å². The van der Waals surface area contributed by atoms with Gasteiger partial charge in [0.15, 0.2) is 5.75 Å². The van der Waals surface area contributed by atoms with E-state index in [0.29, 0.717) is 24.1 Å². The van der Waals surface area contributed by atoms with Gasteiger partial charge in [0.05, 0.1) is 24.4 Å². The van der Waals surface area contributed by atoms with Crippen LogP contribution in [-0.4, -0.2) is 50.8 Å². The first-order valence-electron chi connectivity index (χ1n) is 7.23. The molecule has 4 rings (SSSR count). The minimum atomic E-state index is -1.25. The maximum Gasteiger partial charge on any atom is 0.322 e. The maximum atomic E-state index is 12.5. The Balaban J connectivity index is 1.50. The largest absolute Gasteiger partial charge is 0.609 e. The molecule has 120 valence electrons. The Morgan fingerprint density at radius 3 is 3.00 bits per heavy atom. The second-order valence-electron chi connectivity index (χ2n) is 5.17. The summed E-state index contributed by atoms with van der Waals surface area (Å²) in [5.41, 5.74) is 2.53. The van der Waals surface area contributed by atoms with Crippen LogP contribution in [0.1, 0.15) is 5.69 Å². The Kier molecular flexibility index (Phi) is 4.17. The number of imidazole rings is 1. The summed E-state index contributed by atoms with van der Waals surface area (Å²) in [6.45, 7) is 3.03. The van der Waals surface area contributed by atoms with E-state index < -0.39 is 11.2 Å². The number of ether oxygens (including phenoxy) is 1. The predicted molar refractivity (Wildman–Crippen MR) is 89.1 cm³/mol. The van der Waals surface area contributed by atoms with Gasteiger partial charge in [-0.3, -0.25) is 4.98 Å². The highest BCUT2D eigenvalue weighted by Gasteiger charge is 2.20. The molecule has 1 aliphatic heterocycles. The van der Waals surface area contributed by atoms with Crippen molar-refractivity contribution in [3.05, 3.63) is 28.8 Å². The van der Waals surface area contributed by atoms with Crippen LogP contribution < -0.4 is 4.90 Å². The molecule has 1 N–H and O–H groups in total. The number of fused-ring (bicyclic) bond motifs is 1. The molecule has 9 heteroatoms. The van der Waals surface area contributed by atoms with Crippen LogP contribution in [-0.2, 0) is 21.7 Å². The van der Waals surface area contributed by atoms with Crippen LogP contribution in [0.5, 0.6) is 0 Å². The molecule has 1 atom stereocenters. The van der Waals surface area contributed by atoms with Crippen LogP contribution in [0, 0.1) is 0 Å². The third-order valence-electron chi connectivity index (χ3n) is 3.64. The van der Waals surface area contributed by atoms with Crippen molar-refractivity contribution < 1.29 is 9.29 Å². The molecular formula is C14H15N5O2S2. The molecule has 0 amide bonds. The van der Waals surface area contributed by atoms with Gasteiger partial charge in [0.2, 0.25) is 0 Å². The van der Waals surface area contributed by atoms with Crippen LogP contribution in [0.15, 0.2) is 28.3 Å². The van der Waals surface area contributed by atoms with Gasteiger partial charge in [-0.2, -0.15) is 4.98 Å². The number of aromatic nitrogens is 4. The summed E-state index contributed by atoms with van der Waals surface area (Å²) in [4.78, 5) is 18.2. The van der Waals surface area contributed by atoms with E-state index in [4.69, 9.17) is 4.74 Å². The van der Waals surface area contributed by atoms with Crippen LogP contribution in [0.3, 0.4) is 0 Å². The number of rotatable bonds is 4. The number of anilines is 1. The van der Waals surface area contributed by atoms with Gasteiger partial charge in [-0.05, 0) is 0 Å². The number of nitrogens with zero attached hydrogens (tertiary/aromatic N) is 4. The minimum absolute atomic E-state index is 0.319. The summed E-state index contributed by atoms with van der Waals surface area (Å²) in [5, 5.41) is 4.40. The smallest absolute Gasteiger partial charge is 0.322 e. The summed E-state index contributed by atoms with van der Waals surface area (Å²) < 4.78 is 17.8. The zero-order chi connectivity index (χ0) is 15.6. The molecule has 0 radical (unpaired) electrons. The van der Waals surface area contributed by atoms with Crippen LogP contribution in [0.2, 0.25) is 0 Å². The molecule has 0 aromatic carbocycles. The number of morpholine rings is 1. The first-order chi connectivity index (χ1) is 11.3. The quantitative estimate of drug-likeness (QED) is 0.719. The lowest BCUT2D eigenvalue weighted by Crippen LogP contribution is -2.36. The second-order valence-corrected chi connectivity index (χ2v) is 7.28. The van der Waals surface area contributed by atoms with Gasteiger partial charge in [-0.25, -0.2) is 9.97 Å². The number of hydrogen-bond acceptors (Lipinski definition) is 7. The Hall–Kier alpha value is -1.68. The van der Waals surface area contributed by atoms with Crippen LogP contribution >= 0.6 is 11.3 Å². The Morgan fingerprint density at radius 1 is 1.30 bits per heavy atom. The van der Waals surface area contributed by atoms with E-state index in [1.165, 1.54) is 6.33 Å². The summed E-state index contributed by atoms with van der Waals surface area (Å²) >= 11 is 0.318. The molecule has 7 nitrogen and oxygen atoms in total. The first-order valence-corrected chi connectivity index (χ1v) is 9.50. The fourth-order valence-electron chi connectivity index (χ4n) is 2.46. The molecule has 1 aliphatic rings. The molecule has 0 spiro atoms.